The van der Waals surface area contributed by atoms with Crippen LogP contribution in [0.15, 0.2) is 47.7 Å². The van der Waals surface area contributed by atoms with Gasteiger partial charge >= 0.3 is 0 Å². The maximum Gasteiger partial charge on any atom is 0.191 e. The topological polar surface area (TPSA) is 97.6 Å². The van der Waals surface area contributed by atoms with Gasteiger partial charge in [-0.1, -0.05) is 23.7 Å². The van der Waals surface area contributed by atoms with Crippen molar-refractivity contribution in [3.05, 3.63) is 53.3 Å². The van der Waals surface area contributed by atoms with Gasteiger partial charge in [-0.3, -0.25) is 9.67 Å². The number of ether oxygens (including phenoxy) is 1. The second kappa shape index (κ2) is 11.8. The summed E-state index contributed by atoms with van der Waals surface area (Å²) < 4.78 is 29.4. The van der Waals surface area contributed by atoms with Crippen LogP contribution in [0, 0.1) is 0 Å². The Morgan fingerprint density at radius 2 is 2.03 bits per heavy atom. The number of nitrogens with zero attached hydrogens (tertiary/aromatic N) is 3. The first-order valence-electron chi connectivity index (χ1n) is 9.41. The molecule has 2 N–H and O–H groups in total. The molecule has 1 atom stereocenters. The Kier molecular flexibility index (Phi) is 9.43. The number of aliphatic imine (C=N–C) groups is 1. The van der Waals surface area contributed by atoms with E-state index in [1.54, 1.807) is 6.20 Å². The average molecular weight is 442 g/mol. The Hall–Kier alpha value is -2.10. The number of halogens is 1. The molecule has 160 valence electrons. The van der Waals surface area contributed by atoms with E-state index in [0.717, 1.165) is 5.56 Å². The molecule has 8 nitrogen and oxygen atoms in total. The maximum absolute atomic E-state index is 11.1. The van der Waals surface area contributed by atoms with E-state index in [4.69, 9.17) is 16.3 Å². The van der Waals surface area contributed by atoms with E-state index in [9.17, 15) is 8.42 Å². The van der Waals surface area contributed by atoms with Crippen LogP contribution in [0.2, 0.25) is 5.02 Å². The average Bonchev–Trinajstić information content (AvgIpc) is 3.19. The molecule has 0 spiro atoms. The van der Waals surface area contributed by atoms with Gasteiger partial charge in [-0.05, 0) is 30.7 Å². The molecule has 0 saturated heterocycles. The Labute approximate surface area is 177 Å². The van der Waals surface area contributed by atoms with Crippen molar-refractivity contribution in [1.29, 1.82) is 0 Å². The molecule has 0 amide bonds. The molecule has 0 bridgehead atoms. The van der Waals surface area contributed by atoms with Crippen molar-refractivity contribution < 1.29 is 13.2 Å². The first-order valence-corrected chi connectivity index (χ1v) is 11.8. The van der Waals surface area contributed by atoms with Crippen molar-refractivity contribution in [2.75, 3.05) is 44.9 Å². The molecule has 29 heavy (non-hydrogen) atoms. The summed E-state index contributed by atoms with van der Waals surface area (Å²) in [6.45, 7) is 4.28. The van der Waals surface area contributed by atoms with Gasteiger partial charge in [-0.15, -0.1) is 0 Å². The van der Waals surface area contributed by atoms with Gasteiger partial charge in [0, 0.05) is 36.8 Å². The minimum absolute atomic E-state index is 0.0216. The minimum Gasteiger partial charge on any atom is -0.379 e. The molecule has 0 fully saturated rings. The number of aromatic nitrogens is 2. The fraction of sp³-hybridized carbons (Fsp3) is 0.474. The lowest BCUT2D eigenvalue weighted by molar-refractivity contribution is 0.154. The molecule has 1 aromatic carbocycles. The van der Waals surface area contributed by atoms with Crippen molar-refractivity contribution in [2.45, 2.75) is 13.0 Å². The van der Waals surface area contributed by atoms with E-state index < -0.39 is 9.84 Å². The number of rotatable bonds is 11. The van der Waals surface area contributed by atoms with E-state index in [-0.39, 0.29) is 18.4 Å². The summed E-state index contributed by atoms with van der Waals surface area (Å²) in [5, 5.41) is 11.4. The number of sulfone groups is 1. The van der Waals surface area contributed by atoms with Gasteiger partial charge in [0.2, 0.25) is 0 Å². The molecule has 1 aromatic heterocycles. The molecule has 1 unspecified atom stereocenters. The molecule has 2 rings (SSSR count). The first-order chi connectivity index (χ1) is 13.9. The summed E-state index contributed by atoms with van der Waals surface area (Å²) >= 11 is 6.01. The van der Waals surface area contributed by atoms with Crippen LogP contribution in [0.1, 0.15) is 18.5 Å². The monoisotopic (exact) mass is 441 g/mol. The van der Waals surface area contributed by atoms with Gasteiger partial charge < -0.3 is 15.4 Å². The van der Waals surface area contributed by atoms with Crippen LogP contribution in [0.4, 0.5) is 0 Å². The van der Waals surface area contributed by atoms with Gasteiger partial charge in [0.1, 0.15) is 9.84 Å². The Morgan fingerprint density at radius 1 is 1.28 bits per heavy atom. The van der Waals surface area contributed by atoms with Crippen LogP contribution < -0.4 is 10.6 Å². The summed E-state index contributed by atoms with van der Waals surface area (Å²) in [6, 6.07) is 9.47. The van der Waals surface area contributed by atoms with Crippen LogP contribution in [-0.4, -0.2) is 69.0 Å². The predicted octanol–water partition coefficient (Wildman–Crippen LogP) is 1.74. The molecule has 0 saturated carbocycles. The number of guanidine groups is 1. The van der Waals surface area contributed by atoms with Crippen molar-refractivity contribution in [3.8, 4) is 0 Å². The quantitative estimate of drug-likeness (QED) is 0.313. The van der Waals surface area contributed by atoms with Gasteiger partial charge in [-0.2, -0.15) is 5.10 Å². The molecule has 0 radical (unpaired) electrons. The Bertz CT molecular complexity index is 854. The SMILES string of the molecule is CCNC(=NCC(c1ccc(Cl)cc1)n1cccn1)NCCOCCS(C)(=O)=O. The van der Waals surface area contributed by atoms with Crippen LogP contribution in [0.5, 0.6) is 0 Å². The van der Waals surface area contributed by atoms with Crippen molar-refractivity contribution in [3.63, 3.8) is 0 Å². The number of hydrogen-bond acceptors (Lipinski definition) is 5. The second-order valence-corrected chi connectivity index (χ2v) is 9.14. The fourth-order valence-electron chi connectivity index (χ4n) is 2.57. The highest BCUT2D eigenvalue weighted by Gasteiger charge is 2.14. The van der Waals surface area contributed by atoms with Crippen molar-refractivity contribution in [2.24, 2.45) is 4.99 Å². The van der Waals surface area contributed by atoms with E-state index in [1.807, 2.05) is 48.1 Å². The summed E-state index contributed by atoms with van der Waals surface area (Å²) in [5.74, 6) is 0.679. The van der Waals surface area contributed by atoms with Gasteiger partial charge in [0.25, 0.3) is 0 Å². The van der Waals surface area contributed by atoms with E-state index in [1.165, 1.54) is 6.26 Å². The molecule has 10 heteroatoms. The number of hydrogen-bond donors (Lipinski definition) is 2. The zero-order valence-corrected chi connectivity index (χ0v) is 18.3. The first kappa shape index (κ1) is 23.2. The molecule has 0 aliphatic heterocycles. The molecule has 0 aliphatic carbocycles. The zero-order valence-electron chi connectivity index (χ0n) is 16.7. The third-order valence-corrected chi connectivity index (χ3v) is 5.16. The summed E-state index contributed by atoms with van der Waals surface area (Å²) in [6.07, 6.45) is 4.84. The molecule has 0 aliphatic rings. The normalized spacial score (nSPS) is 13.3. The van der Waals surface area contributed by atoms with Gasteiger partial charge in [-0.25, -0.2) is 8.42 Å². The lowest BCUT2D eigenvalue weighted by Crippen LogP contribution is -2.39. The minimum atomic E-state index is -3.00. The predicted molar refractivity (Wildman–Crippen MR) is 116 cm³/mol. The highest BCUT2D eigenvalue weighted by Crippen LogP contribution is 2.20. The van der Waals surface area contributed by atoms with E-state index in [2.05, 4.69) is 20.7 Å². The molecule has 1 heterocycles. The molecular weight excluding hydrogens is 414 g/mol. The maximum atomic E-state index is 11.1. The number of benzene rings is 1. The fourth-order valence-corrected chi connectivity index (χ4v) is 3.11. The lowest BCUT2D eigenvalue weighted by atomic mass is 10.1. The van der Waals surface area contributed by atoms with Crippen LogP contribution >= 0.6 is 11.6 Å². The van der Waals surface area contributed by atoms with E-state index >= 15 is 0 Å². The molecular formula is C19H28ClN5O3S. The zero-order chi connectivity index (χ0) is 21.1. The standard InChI is InChI=1S/C19H28ClN5O3S/c1-3-21-19(22-10-12-28-13-14-29(2,26)27)23-15-18(25-11-4-9-24-25)16-5-7-17(20)8-6-16/h4-9,11,18H,3,10,12-15H2,1-2H3,(H2,21,22,23). The smallest absolute Gasteiger partial charge is 0.191 e. The lowest BCUT2D eigenvalue weighted by Gasteiger charge is -2.18. The highest BCUT2D eigenvalue weighted by atomic mass is 35.5. The summed E-state index contributed by atoms with van der Waals surface area (Å²) in [4.78, 5) is 4.67. The van der Waals surface area contributed by atoms with Crippen LogP contribution in [0.3, 0.4) is 0 Å². The van der Waals surface area contributed by atoms with Gasteiger partial charge in [0.05, 0.1) is 31.6 Å². The molecule has 2 aromatic rings. The van der Waals surface area contributed by atoms with E-state index in [0.29, 0.717) is 37.2 Å². The highest BCUT2D eigenvalue weighted by molar-refractivity contribution is 7.90. The Balaban J connectivity index is 1.95. The van der Waals surface area contributed by atoms with Crippen LogP contribution in [-0.2, 0) is 14.6 Å². The third-order valence-electron chi connectivity index (χ3n) is 4.00. The summed E-state index contributed by atoms with van der Waals surface area (Å²) in [7, 11) is -3.00. The number of nitrogens with one attached hydrogen (secondary N) is 2. The largest absolute Gasteiger partial charge is 0.379 e. The summed E-state index contributed by atoms with van der Waals surface area (Å²) in [5.41, 5.74) is 1.06. The third kappa shape index (κ3) is 8.84. The Morgan fingerprint density at radius 3 is 2.66 bits per heavy atom. The van der Waals surface area contributed by atoms with Crippen molar-refractivity contribution >= 4 is 27.4 Å². The second-order valence-electron chi connectivity index (χ2n) is 6.44. The van der Waals surface area contributed by atoms with Crippen LogP contribution in [0.25, 0.3) is 0 Å². The van der Waals surface area contributed by atoms with Gasteiger partial charge in [0.15, 0.2) is 5.96 Å². The van der Waals surface area contributed by atoms with Crippen molar-refractivity contribution in [1.82, 2.24) is 20.4 Å².